The molecule has 3 aromatic rings. The summed E-state index contributed by atoms with van der Waals surface area (Å²) in [6, 6.07) is 11.0. The normalized spacial score (nSPS) is 11.1. The molecular weight excluding hydrogens is 428 g/mol. The number of hydrogen-bond acceptors (Lipinski definition) is 8. The Balaban J connectivity index is 0.00000341. The average Bonchev–Trinajstić information content (AvgIpc) is 3.21. The number of aliphatic carboxylic acids is 1. The van der Waals surface area contributed by atoms with Gasteiger partial charge in [0.2, 0.25) is 5.82 Å². The maximum atomic E-state index is 12.5. The quantitative estimate of drug-likeness (QED) is 0.498. The molecule has 1 atom stereocenters. The van der Waals surface area contributed by atoms with Gasteiger partial charge in [-0.25, -0.2) is 4.79 Å². The van der Waals surface area contributed by atoms with Crippen molar-refractivity contribution >= 4 is 30.3 Å². The van der Waals surface area contributed by atoms with Crippen molar-refractivity contribution in [2.24, 2.45) is 0 Å². The fraction of sp³-hybridized carbons (Fsp3) is 0.211. The molecule has 1 unspecified atom stereocenters. The van der Waals surface area contributed by atoms with Crippen molar-refractivity contribution in [3.05, 3.63) is 60.4 Å². The Morgan fingerprint density at radius 3 is 2.48 bits per heavy atom. The predicted molar refractivity (Wildman–Crippen MR) is 109 cm³/mol. The summed E-state index contributed by atoms with van der Waals surface area (Å²) in [5.41, 5.74) is 1.41. The minimum atomic E-state index is -1.30. The second-order valence-corrected chi connectivity index (χ2v) is 6.20. The molecule has 11 nitrogen and oxygen atoms in total. The highest BCUT2D eigenvalue weighted by Crippen LogP contribution is 2.11. The van der Waals surface area contributed by atoms with E-state index in [1.807, 2.05) is 6.07 Å². The molecule has 0 spiro atoms. The number of alkyl carbamates (subject to hydrolysis) is 1. The van der Waals surface area contributed by atoms with E-state index in [0.717, 1.165) is 10.4 Å². The number of ketones is 1. The zero-order chi connectivity index (χ0) is 21.3. The number of ether oxygens (including phenoxy) is 1. The molecule has 0 aliphatic heterocycles. The van der Waals surface area contributed by atoms with Crippen LogP contribution in [0.15, 0.2) is 54.9 Å². The highest BCUT2D eigenvalue weighted by molar-refractivity contribution is 5.90. The van der Waals surface area contributed by atoms with Crippen LogP contribution in [0.3, 0.4) is 0 Å². The van der Waals surface area contributed by atoms with Crippen molar-refractivity contribution in [3.63, 3.8) is 0 Å². The molecule has 0 saturated heterocycles. The molecule has 0 aliphatic rings. The average molecular weight is 447 g/mol. The van der Waals surface area contributed by atoms with Crippen LogP contribution in [0.4, 0.5) is 4.79 Å². The van der Waals surface area contributed by atoms with E-state index in [2.05, 4.69) is 25.7 Å². The van der Waals surface area contributed by atoms with Crippen LogP contribution in [0, 0.1) is 0 Å². The molecule has 3 rings (SSSR count). The van der Waals surface area contributed by atoms with Gasteiger partial charge in [0.25, 0.3) is 0 Å². The summed E-state index contributed by atoms with van der Waals surface area (Å²) in [5, 5.41) is 23.1. The summed E-state index contributed by atoms with van der Waals surface area (Å²) < 4.78 is 5.05. The molecule has 0 saturated carbocycles. The molecule has 0 bridgehead atoms. The minimum Gasteiger partial charge on any atom is -0.481 e. The van der Waals surface area contributed by atoms with E-state index in [0.29, 0.717) is 5.56 Å². The maximum absolute atomic E-state index is 12.5. The van der Waals surface area contributed by atoms with E-state index in [-0.39, 0.29) is 31.4 Å². The fourth-order valence-electron chi connectivity index (χ4n) is 2.50. The number of Topliss-reactive ketones (excluding diaryl/α,β-unsaturated/α-hetero) is 1. The van der Waals surface area contributed by atoms with E-state index in [1.54, 1.807) is 48.8 Å². The molecule has 0 aliphatic carbocycles. The van der Waals surface area contributed by atoms with Gasteiger partial charge in [-0.15, -0.1) is 22.6 Å². The van der Waals surface area contributed by atoms with E-state index in [1.165, 1.54) is 0 Å². The van der Waals surface area contributed by atoms with Crippen LogP contribution in [0.1, 0.15) is 12.0 Å². The summed E-state index contributed by atoms with van der Waals surface area (Å²) in [5.74, 6) is -1.57. The number of carboxylic acid groups (broad SMARTS) is 1. The molecule has 1 aromatic carbocycles. The third kappa shape index (κ3) is 7.16. The van der Waals surface area contributed by atoms with Crippen molar-refractivity contribution in [2.75, 3.05) is 0 Å². The van der Waals surface area contributed by atoms with Gasteiger partial charge >= 0.3 is 12.1 Å². The van der Waals surface area contributed by atoms with E-state index < -0.39 is 30.3 Å². The number of rotatable bonds is 9. The molecule has 2 N–H and O–H groups in total. The summed E-state index contributed by atoms with van der Waals surface area (Å²) in [6.45, 7) is -0.379. The number of nitrogens with zero attached hydrogens (tertiary/aromatic N) is 5. The van der Waals surface area contributed by atoms with Crippen LogP contribution >= 0.6 is 12.4 Å². The summed E-state index contributed by atoms with van der Waals surface area (Å²) >= 11 is 0. The number of halogens is 1. The number of nitrogens with one attached hydrogen (secondary N) is 1. The van der Waals surface area contributed by atoms with Gasteiger partial charge in [-0.3, -0.25) is 14.6 Å². The molecule has 0 radical (unpaired) electrons. The first-order valence-electron chi connectivity index (χ1n) is 8.91. The molecule has 0 fully saturated rings. The van der Waals surface area contributed by atoms with Gasteiger partial charge < -0.3 is 15.2 Å². The Bertz CT molecular complexity index is 1010. The third-order valence-electron chi connectivity index (χ3n) is 3.96. The maximum Gasteiger partial charge on any atom is 0.408 e. The first-order chi connectivity index (χ1) is 14.5. The van der Waals surface area contributed by atoms with Crippen LogP contribution in [0.2, 0.25) is 0 Å². The second-order valence-electron chi connectivity index (χ2n) is 6.20. The van der Waals surface area contributed by atoms with Crippen LogP contribution in [-0.4, -0.2) is 54.2 Å². The number of pyridine rings is 1. The number of aromatic nitrogens is 5. The zero-order valence-corrected chi connectivity index (χ0v) is 16.9. The van der Waals surface area contributed by atoms with Gasteiger partial charge in [0.1, 0.15) is 19.2 Å². The largest absolute Gasteiger partial charge is 0.481 e. The monoisotopic (exact) mass is 446 g/mol. The smallest absolute Gasteiger partial charge is 0.408 e. The molecule has 2 heterocycles. The van der Waals surface area contributed by atoms with Crippen LogP contribution in [-0.2, 0) is 27.5 Å². The molecule has 162 valence electrons. The van der Waals surface area contributed by atoms with Gasteiger partial charge in [-0.05, 0) is 22.9 Å². The summed E-state index contributed by atoms with van der Waals surface area (Å²) in [6.07, 6.45) is 1.62. The molecule has 2 aromatic heterocycles. The lowest BCUT2D eigenvalue weighted by atomic mass is 10.1. The van der Waals surface area contributed by atoms with Gasteiger partial charge in [-0.1, -0.05) is 30.3 Å². The lowest BCUT2D eigenvalue weighted by Crippen LogP contribution is -2.44. The summed E-state index contributed by atoms with van der Waals surface area (Å²) in [4.78, 5) is 40.6. The topological polar surface area (TPSA) is 149 Å². The highest BCUT2D eigenvalue weighted by atomic mass is 35.5. The minimum absolute atomic E-state index is 0. The lowest BCUT2D eigenvalue weighted by molar-refractivity contribution is -0.139. The number of tetrazole rings is 1. The zero-order valence-electron chi connectivity index (χ0n) is 16.1. The Labute approximate surface area is 182 Å². The van der Waals surface area contributed by atoms with Crippen LogP contribution in [0.25, 0.3) is 11.4 Å². The second kappa shape index (κ2) is 11.4. The van der Waals surface area contributed by atoms with Crippen LogP contribution in [0.5, 0.6) is 0 Å². The number of carbonyl (C=O) groups excluding carboxylic acids is 2. The standard InChI is InChI=1S/C19H18N6O5.ClH/c26-16(11-25-23-18(22-24-25)14-6-8-20-9-7-14)15(10-17(27)28)21-19(29)30-12-13-4-2-1-3-5-13;/h1-9,15H,10-12H2,(H,21,29)(H,27,28);1H. The Hall–Kier alpha value is -3.86. The van der Waals surface area contributed by atoms with Gasteiger partial charge in [0, 0.05) is 18.0 Å². The van der Waals surface area contributed by atoms with E-state index >= 15 is 0 Å². The molecule has 12 heteroatoms. The lowest BCUT2D eigenvalue weighted by Gasteiger charge is -2.15. The number of amides is 1. The Morgan fingerprint density at radius 1 is 1.10 bits per heavy atom. The first kappa shape index (κ1) is 23.4. The Kier molecular flexibility index (Phi) is 8.58. The van der Waals surface area contributed by atoms with Gasteiger partial charge in [0.05, 0.1) is 6.42 Å². The number of carboxylic acids is 1. The fourth-order valence-corrected chi connectivity index (χ4v) is 2.50. The number of carbonyl (C=O) groups is 3. The highest BCUT2D eigenvalue weighted by Gasteiger charge is 2.25. The van der Waals surface area contributed by atoms with Gasteiger partial charge in [-0.2, -0.15) is 4.80 Å². The third-order valence-corrected chi connectivity index (χ3v) is 3.96. The van der Waals surface area contributed by atoms with Crippen molar-refractivity contribution in [1.29, 1.82) is 0 Å². The molecule has 31 heavy (non-hydrogen) atoms. The van der Waals surface area contributed by atoms with Crippen molar-refractivity contribution < 1.29 is 24.2 Å². The predicted octanol–water partition coefficient (Wildman–Crippen LogP) is 1.50. The number of hydrogen-bond donors (Lipinski definition) is 2. The van der Waals surface area contributed by atoms with Gasteiger partial charge in [0.15, 0.2) is 5.78 Å². The number of benzene rings is 1. The van der Waals surface area contributed by atoms with E-state index in [4.69, 9.17) is 9.84 Å². The van der Waals surface area contributed by atoms with Crippen molar-refractivity contribution in [1.82, 2.24) is 30.5 Å². The molecule has 1 amide bonds. The Morgan fingerprint density at radius 2 is 1.81 bits per heavy atom. The first-order valence-corrected chi connectivity index (χ1v) is 8.91. The summed E-state index contributed by atoms with van der Waals surface area (Å²) in [7, 11) is 0. The van der Waals surface area contributed by atoms with Crippen molar-refractivity contribution in [3.8, 4) is 11.4 Å². The van der Waals surface area contributed by atoms with Crippen LogP contribution < -0.4 is 5.32 Å². The van der Waals surface area contributed by atoms with E-state index in [9.17, 15) is 14.4 Å². The molecular formula is C19H19ClN6O5. The van der Waals surface area contributed by atoms with Crippen molar-refractivity contribution in [2.45, 2.75) is 25.6 Å². The SMILES string of the molecule is Cl.O=C(O)CC(NC(=O)OCc1ccccc1)C(=O)Cn1nnc(-c2ccncc2)n1.